The lowest BCUT2D eigenvalue weighted by molar-refractivity contribution is 0.0510. The smallest absolute Gasteiger partial charge is 0.317 e. The van der Waals surface area contributed by atoms with Gasteiger partial charge in [-0.2, -0.15) is 0 Å². The molecule has 2 aliphatic heterocycles. The summed E-state index contributed by atoms with van der Waals surface area (Å²) in [5, 5.41) is 3.33. The molecule has 1 aromatic rings. The Balaban J connectivity index is 1.60. The molecule has 0 saturated carbocycles. The first-order valence-corrected chi connectivity index (χ1v) is 9.47. The molecule has 0 spiro atoms. The van der Waals surface area contributed by atoms with E-state index in [2.05, 4.69) is 47.6 Å². The zero-order valence-electron chi connectivity index (χ0n) is 15.5. The first kappa shape index (κ1) is 18.2. The Bertz CT molecular complexity index is 545. The molecule has 0 aliphatic carbocycles. The Labute approximate surface area is 151 Å². The number of benzene rings is 1. The fourth-order valence-corrected chi connectivity index (χ4v) is 4.03. The van der Waals surface area contributed by atoms with Crippen LogP contribution in [0.4, 0.5) is 4.79 Å². The molecule has 2 atom stereocenters. The van der Waals surface area contributed by atoms with Gasteiger partial charge in [-0.15, -0.1) is 0 Å². The lowest BCUT2D eigenvalue weighted by Crippen LogP contribution is -2.55. The zero-order chi connectivity index (χ0) is 17.6. The van der Waals surface area contributed by atoms with Crippen LogP contribution in [-0.2, 0) is 11.2 Å². The highest BCUT2D eigenvalue weighted by Gasteiger charge is 2.31. The molecular formula is C20H31N3O2. The summed E-state index contributed by atoms with van der Waals surface area (Å²) in [5.74, 6) is 0.452. The number of carbonyl (C=O) groups is 1. The van der Waals surface area contributed by atoms with Crippen molar-refractivity contribution in [3.05, 3.63) is 35.9 Å². The van der Waals surface area contributed by atoms with Crippen LogP contribution < -0.4 is 5.32 Å². The van der Waals surface area contributed by atoms with E-state index in [9.17, 15) is 4.79 Å². The molecule has 0 unspecified atom stereocenters. The molecule has 1 aromatic carbocycles. The second kappa shape index (κ2) is 8.68. The van der Waals surface area contributed by atoms with Crippen molar-refractivity contribution < 1.29 is 9.53 Å². The minimum absolute atomic E-state index is 0.0690. The van der Waals surface area contributed by atoms with Crippen LogP contribution >= 0.6 is 0 Å². The van der Waals surface area contributed by atoms with Gasteiger partial charge in [0.05, 0.1) is 0 Å². The predicted molar refractivity (Wildman–Crippen MR) is 99.7 cm³/mol. The summed E-state index contributed by atoms with van der Waals surface area (Å²) in [6, 6.07) is 11.2. The molecule has 0 aromatic heterocycles. The molecule has 5 heteroatoms. The van der Waals surface area contributed by atoms with Crippen LogP contribution in [0, 0.1) is 5.92 Å². The van der Waals surface area contributed by atoms with Crippen LogP contribution in [0.15, 0.2) is 30.3 Å². The maximum atomic E-state index is 12.8. The lowest BCUT2D eigenvalue weighted by atomic mass is 9.87. The molecule has 2 aliphatic rings. The summed E-state index contributed by atoms with van der Waals surface area (Å²) in [7, 11) is 4.09. The van der Waals surface area contributed by atoms with Crippen molar-refractivity contribution in [2.75, 3.05) is 40.4 Å². The normalized spacial score (nSPS) is 25.5. The van der Waals surface area contributed by atoms with Crippen molar-refractivity contribution in [3.8, 4) is 0 Å². The Morgan fingerprint density at radius 2 is 1.96 bits per heavy atom. The number of piperidine rings is 1. The molecular weight excluding hydrogens is 314 g/mol. The number of nitrogens with one attached hydrogen (secondary N) is 1. The van der Waals surface area contributed by atoms with E-state index < -0.39 is 0 Å². The van der Waals surface area contributed by atoms with E-state index in [1.807, 2.05) is 11.9 Å². The number of carbonyl (C=O) groups excluding carboxylic acids is 1. The molecule has 0 radical (unpaired) electrons. The van der Waals surface area contributed by atoms with Gasteiger partial charge in [0.2, 0.25) is 0 Å². The second-order valence-electron chi connectivity index (χ2n) is 7.51. The molecule has 0 bridgehead atoms. The van der Waals surface area contributed by atoms with Crippen LogP contribution in [0.2, 0.25) is 0 Å². The van der Waals surface area contributed by atoms with Gasteiger partial charge < -0.3 is 19.9 Å². The van der Waals surface area contributed by atoms with Gasteiger partial charge in [0.1, 0.15) is 0 Å². The largest absolute Gasteiger partial charge is 0.381 e. The highest BCUT2D eigenvalue weighted by Crippen LogP contribution is 2.22. The Hall–Kier alpha value is -1.59. The maximum absolute atomic E-state index is 12.8. The molecule has 2 amide bonds. The molecule has 2 fully saturated rings. The van der Waals surface area contributed by atoms with Crippen molar-refractivity contribution in [1.82, 2.24) is 15.1 Å². The first-order chi connectivity index (χ1) is 12.1. The predicted octanol–water partition coefficient (Wildman–Crippen LogP) is 2.37. The van der Waals surface area contributed by atoms with Crippen LogP contribution in [0.3, 0.4) is 0 Å². The van der Waals surface area contributed by atoms with E-state index in [0.29, 0.717) is 12.0 Å². The minimum atomic E-state index is 0.0690. The van der Waals surface area contributed by atoms with Gasteiger partial charge in [0.25, 0.3) is 0 Å². The fraction of sp³-hybridized carbons (Fsp3) is 0.650. The summed E-state index contributed by atoms with van der Waals surface area (Å²) < 4.78 is 5.41. The van der Waals surface area contributed by atoms with Crippen LogP contribution in [0.25, 0.3) is 0 Å². The van der Waals surface area contributed by atoms with E-state index in [-0.39, 0.29) is 12.1 Å². The SMILES string of the molecule is CN1CC[C@@H](NC(=O)N(C)C2CCOCC2)[C@@H](Cc2ccccc2)C1. The third kappa shape index (κ3) is 4.95. The van der Waals surface area contributed by atoms with Crippen molar-refractivity contribution in [1.29, 1.82) is 0 Å². The summed E-state index contributed by atoms with van der Waals surface area (Å²) in [6.07, 6.45) is 3.90. The van der Waals surface area contributed by atoms with Crippen molar-refractivity contribution >= 4 is 6.03 Å². The number of ether oxygens (including phenoxy) is 1. The van der Waals surface area contributed by atoms with Gasteiger partial charge in [0.15, 0.2) is 0 Å². The van der Waals surface area contributed by atoms with Gasteiger partial charge in [0, 0.05) is 38.9 Å². The topological polar surface area (TPSA) is 44.8 Å². The Morgan fingerprint density at radius 1 is 1.24 bits per heavy atom. The average Bonchev–Trinajstić information content (AvgIpc) is 2.65. The number of hydrogen-bond acceptors (Lipinski definition) is 3. The quantitative estimate of drug-likeness (QED) is 0.911. The van der Waals surface area contributed by atoms with Gasteiger partial charge in [-0.25, -0.2) is 4.79 Å². The minimum Gasteiger partial charge on any atom is -0.381 e. The number of urea groups is 1. The molecule has 3 rings (SSSR count). The van der Waals surface area contributed by atoms with Gasteiger partial charge in [-0.1, -0.05) is 30.3 Å². The van der Waals surface area contributed by atoms with E-state index in [4.69, 9.17) is 4.74 Å². The summed E-state index contributed by atoms with van der Waals surface area (Å²) in [4.78, 5) is 17.0. The third-order valence-electron chi connectivity index (χ3n) is 5.65. The highest BCUT2D eigenvalue weighted by molar-refractivity contribution is 5.74. The number of hydrogen-bond donors (Lipinski definition) is 1. The standard InChI is InChI=1S/C20H31N3O2/c1-22-11-8-19(17(15-22)14-16-6-4-3-5-7-16)21-20(24)23(2)18-9-12-25-13-10-18/h3-7,17-19H,8-15H2,1-2H3,(H,21,24)/t17-,19+/m0/s1. The lowest BCUT2D eigenvalue weighted by Gasteiger charge is -2.39. The van der Waals surface area contributed by atoms with E-state index in [1.54, 1.807) is 0 Å². The van der Waals surface area contributed by atoms with Gasteiger partial charge >= 0.3 is 6.03 Å². The monoisotopic (exact) mass is 345 g/mol. The van der Waals surface area contributed by atoms with Crippen molar-refractivity contribution in [2.24, 2.45) is 5.92 Å². The number of nitrogens with zero attached hydrogens (tertiary/aromatic N) is 2. The molecule has 138 valence electrons. The molecule has 5 nitrogen and oxygen atoms in total. The highest BCUT2D eigenvalue weighted by atomic mass is 16.5. The van der Waals surface area contributed by atoms with Gasteiger partial charge in [-0.05, 0) is 50.8 Å². The molecule has 2 heterocycles. The average molecular weight is 345 g/mol. The van der Waals surface area contributed by atoms with Crippen LogP contribution in [-0.4, -0.2) is 68.3 Å². The fourth-order valence-electron chi connectivity index (χ4n) is 4.03. The van der Waals surface area contributed by atoms with Gasteiger partial charge in [-0.3, -0.25) is 0 Å². The van der Waals surface area contributed by atoms with Crippen LogP contribution in [0.1, 0.15) is 24.8 Å². The maximum Gasteiger partial charge on any atom is 0.317 e. The molecule has 2 saturated heterocycles. The summed E-state index contributed by atoms with van der Waals surface area (Å²) >= 11 is 0. The summed E-state index contributed by atoms with van der Waals surface area (Å²) in [6.45, 7) is 3.58. The third-order valence-corrected chi connectivity index (χ3v) is 5.65. The first-order valence-electron chi connectivity index (χ1n) is 9.47. The Morgan fingerprint density at radius 3 is 2.68 bits per heavy atom. The van der Waals surface area contributed by atoms with E-state index >= 15 is 0 Å². The second-order valence-corrected chi connectivity index (χ2v) is 7.51. The molecule has 25 heavy (non-hydrogen) atoms. The molecule has 1 N–H and O–H groups in total. The number of amides is 2. The van der Waals surface area contributed by atoms with E-state index in [0.717, 1.165) is 52.0 Å². The Kier molecular flexibility index (Phi) is 6.32. The summed E-state index contributed by atoms with van der Waals surface area (Å²) in [5.41, 5.74) is 1.35. The van der Waals surface area contributed by atoms with Crippen molar-refractivity contribution in [3.63, 3.8) is 0 Å². The number of likely N-dealkylation sites (tertiary alicyclic amines) is 1. The number of rotatable bonds is 4. The van der Waals surface area contributed by atoms with Crippen molar-refractivity contribution in [2.45, 2.75) is 37.8 Å². The van der Waals surface area contributed by atoms with E-state index in [1.165, 1.54) is 5.56 Å². The zero-order valence-corrected chi connectivity index (χ0v) is 15.5. The van der Waals surface area contributed by atoms with Crippen LogP contribution in [0.5, 0.6) is 0 Å².